The molecule has 28 heavy (non-hydrogen) atoms. The van der Waals surface area contributed by atoms with Crippen LogP contribution in [0, 0.1) is 0 Å². The van der Waals surface area contributed by atoms with E-state index >= 15 is 0 Å². The van der Waals surface area contributed by atoms with E-state index in [0.29, 0.717) is 12.1 Å². The molecule has 1 saturated carbocycles. The van der Waals surface area contributed by atoms with Gasteiger partial charge in [-0.15, -0.1) is 12.4 Å². The van der Waals surface area contributed by atoms with Crippen LogP contribution in [0.2, 0.25) is 0 Å². The van der Waals surface area contributed by atoms with Gasteiger partial charge in [0.15, 0.2) is 0 Å². The van der Waals surface area contributed by atoms with Gasteiger partial charge in [0, 0.05) is 24.2 Å². The van der Waals surface area contributed by atoms with Gasteiger partial charge in [-0.2, -0.15) is 0 Å². The molecule has 0 bridgehead atoms. The highest BCUT2D eigenvalue weighted by atomic mass is 35.5. The summed E-state index contributed by atoms with van der Waals surface area (Å²) < 4.78 is 28.2. The highest BCUT2D eigenvalue weighted by Crippen LogP contribution is 2.22. The third-order valence-electron chi connectivity index (χ3n) is 5.54. The van der Waals surface area contributed by atoms with Gasteiger partial charge in [-0.25, -0.2) is 13.1 Å². The third kappa shape index (κ3) is 5.69. The van der Waals surface area contributed by atoms with Crippen molar-refractivity contribution in [3.63, 3.8) is 0 Å². The summed E-state index contributed by atoms with van der Waals surface area (Å²) in [5.74, 6) is -0.0679. The summed E-state index contributed by atoms with van der Waals surface area (Å²) in [7, 11) is -3.59. The molecular weight excluding hydrogens is 398 g/mol. The van der Waals surface area contributed by atoms with E-state index in [4.69, 9.17) is 0 Å². The summed E-state index contributed by atoms with van der Waals surface area (Å²) in [6, 6.07) is 6.73. The summed E-state index contributed by atoms with van der Waals surface area (Å²) >= 11 is 0. The van der Waals surface area contributed by atoms with E-state index in [-0.39, 0.29) is 35.3 Å². The van der Waals surface area contributed by atoms with Gasteiger partial charge in [-0.05, 0) is 63.4 Å². The van der Waals surface area contributed by atoms with Crippen LogP contribution in [0.3, 0.4) is 0 Å². The van der Waals surface area contributed by atoms with Gasteiger partial charge in [-0.1, -0.05) is 25.8 Å². The predicted molar refractivity (Wildman–Crippen MR) is 113 cm³/mol. The van der Waals surface area contributed by atoms with Crippen LogP contribution in [0.25, 0.3) is 0 Å². The molecule has 1 aliphatic carbocycles. The van der Waals surface area contributed by atoms with Gasteiger partial charge < -0.3 is 10.2 Å². The van der Waals surface area contributed by atoms with E-state index in [1.165, 1.54) is 6.07 Å². The van der Waals surface area contributed by atoms with E-state index in [1.54, 1.807) is 18.2 Å². The molecule has 0 spiro atoms. The van der Waals surface area contributed by atoms with Crippen molar-refractivity contribution >= 4 is 28.3 Å². The summed E-state index contributed by atoms with van der Waals surface area (Å²) in [6.45, 7) is 4.59. The molecule has 0 atom stereocenters. The van der Waals surface area contributed by atoms with E-state index in [1.807, 2.05) is 4.90 Å². The van der Waals surface area contributed by atoms with Crippen molar-refractivity contribution in [2.45, 2.75) is 68.8 Å². The molecule has 158 valence electrons. The number of benzene rings is 1. The molecule has 2 aliphatic rings. The minimum absolute atomic E-state index is 0. The van der Waals surface area contributed by atoms with E-state index < -0.39 is 10.0 Å². The maximum Gasteiger partial charge on any atom is 0.254 e. The maximum absolute atomic E-state index is 13.1. The molecule has 1 saturated heterocycles. The van der Waals surface area contributed by atoms with Crippen molar-refractivity contribution < 1.29 is 13.2 Å². The summed E-state index contributed by atoms with van der Waals surface area (Å²) in [5.41, 5.74) is 0.455. The van der Waals surface area contributed by atoms with Crippen molar-refractivity contribution in [3.05, 3.63) is 29.8 Å². The van der Waals surface area contributed by atoms with Gasteiger partial charge in [-0.3, -0.25) is 4.79 Å². The second-order valence-electron chi connectivity index (χ2n) is 7.61. The van der Waals surface area contributed by atoms with Gasteiger partial charge in [0.2, 0.25) is 10.0 Å². The number of rotatable bonds is 7. The number of carbonyl (C=O) groups is 1. The Hall–Kier alpha value is -1.15. The first-order chi connectivity index (χ1) is 13.0. The highest BCUT2D eigenvalue weighted by molar-refractivity contribution is 7.89. The Morgan fingerprint density at radius 2 is 1.86 bits per heavy atom. The van der Waals surface area contributed by atoms with Gasteiger partial charge >= 0.3 is 0 Å². The molecular formula is C20H32ClN3O3S. The number of sulfonamides is 1. The third-order valence-corrected chi connectivity index (χ3v) is 7.06. The molecule has 3 rings (SSSR count). The second kappa shape index (κ2) is 10.6. The lowest BCUT2D eigenvalue weighted by Crippen LogP contribution is -2.46. The molecule has 0 unspecified atom stereocenters. The predicted octanol–water partition coefficient (Wildman–Crippen LogP) is 2.93. The van der Waals surface area contributed by atoms with Crippen LogP contribution >= 0.6 is 12.4 Å². The minimum Gasteiger partial charge on any atom is -0.336 e. The lowest BCUT2D eigenvalue weighted by Gasteiger charge is -2.34. The first-order valence-electron chi connectivity index (χ1n) is 10.2. The molecule has 1 aromatic carbocycles. The van der Waals surface area contributed by atoms with Crippen LogP contribution < -0.4 is 10.0 Å². The number of hydrogen-bond acceptors (Lipinski definition) is 4. The van der Waals surface area contributed by atoms with Crippen LogP contribution in [-0.4, -0.2) is 50.9 Å². The number of nitrogens with one attached hydrogen (secondary N) is 2. The van der Waals surface area contributed by atoms with Crippen LogP contribution in [-0.2, 0) is 10.0 Å². The second-order valence-corrected chi connectivity index (χ2v) is 9.32. The number of nitrogens with zero attached hydrogens (tertiary/aromatic N) is 1. The fraction of sp³-hybridized carbons (Fsp3) is 0.650. The van der Waals surface area contributed by atoms with E-state index in [9.17, 15) is 13.2 Å². The number of piperidine rings is 1. The van der Waals surface area contributed by atoms with Gasteiger partial charge in [0.1, 0.15) is 0 Å². The normalized spacial score (nSPS) is 18.6. The quantitative estimate of drug-likeness (QED) is 0.698. The molecule has 2 fully saturated rings. The fourth-order valence-corrected chi connectivity index (χ4v) is 5.45. The van der Waals surface area contributed by atoms with Crippen LogP contribution in [0.15, 0.2) is 29.2 Å². The molecule has 0 radical (unpaired) electrons. The van der Waals surface area contributed by atoms with Crippen LogP contribution in [0.5, 0.6) is 0 Å². The number of halogens is 1. The summed E-state index contributed by atoms with van der Waals surface area (Å²) in [4.78, 5) is 15.3. The zero-order chi connectivity index (χ0) is 19.3. The Labute approximate surface area is 174 Å². The first-order valence-corrected chi connectivity index (χ1v) is 11.6. The Morgan fingerprint density at radius 1 is 1.18 bits per heavy atom. The monoisotopic (exact) mass is 429 g/mol. The lowest BCUT2D eigenvalue weighted by atomic mass is 10.0. The summed E-state index contributed by atoms with van der Waals surface area (Å²) in [6.07, 6.45) is 6.66. The zero-order valence-corrected chi connectivity index (χ0v) is 18.2. The van der Waals surface area contributed by atoms with Crippen molar-refractivity contribution in [3.8, 4) is 0 Å². The lowest BCUT2D eigenvalue weighted by molar-refractivity contribution is 0.0642. The van der Waals surface area contributed by atoms with Crippen molar-refractivity contribution in [2.75, 3.05) is 19.6 Å². The molecule has 1 aromatic rings. The first kappa shape index (κ1) is 23.1. The molecule has 6 nitrogen and oxygen atoms in total. The van der Waals surface area contributed by atoms with E-state index in [2.05, 4.69) is 17.0 Å². The van der Waals surface area contributed by atoms with Crippen molar-refractivity contribution in [1.29, 1.82) is 0 Å². The van der Waals surface area contributed by atoms with Crippen molar-refractivity contribution in [1.82, 2.24) is 14.9 Å². The average Bonchev–Trinajstić information content (AvgIpc) is 3.19. The van der Waals surface area contributed by atoms with Crippen molar-refractivity contribution in [2.24, 2.45) is 0 Å². The topological polar surface area (TPSA) is 78.5 Å². The average molecular weight is 430 g/mol. The summed E-state index contributed by atoms with van der Waals surface area (Å²) in [5, 5.41) is 3.33. The van der Waals surface area contributed by atoms with Crippen LogP contribution in [0.1, 0.15) is 62.2 Å². The fourth-order valence-electron chi connectivity index (χ4n) is 4.10. The Morgan fingerprint density at radius 3 is 2.50 bits per heavy atom. The molecule has 1 amide bonds. The largest absolute Gasteiger partial charge is 0.336 e. The SMILES string of the molecule is CCCN(C(=O)c1cccc(S(=O)(=O)NC2CCCC2)c1)C1CCNCC1.Cl. The molecule has 8 heteroatoms. The maximum atomic E-state index is 13.1. The van der Waals surface area contributed by atoms with Gasteiger partial charge in [0.25, 0.3) is 5.91 Å². The smallest absolute Gasteiger partial charge is 0.254 e. The Kier molecular flexibility index (Phi) is 8.74. The Balaban J connectivity index is 0.00000280. The van der Waals surface area contributed by atoms with E-state index in [0.717, 1.165) is 58.0 Å². The standard InChI is InChI=1S/C20H31N3O3S.ClH/c1-2-14-23(18-10-12-21-13-11-18)20(24)16-6-5-9-19(15-16)27(25,26)22-17-7-3-4-8-17;/h5-6,9,15,17-18,21-22H,2-4,7-8,10-14H2,1H3;1H. The molecule has 0 aromatic heterocycles. The molecule has 1 heterocycles. The Bertz CT molecular complexity index is 745. The van der Waals surface area contributed by atoms with Crippen LogP contribution in [0.4, 0.5) is 0 Å². The van der Waals surface area contributed by atoms with Gasteiger partial charge in [0.05, 0.1) is 4.90 Å². The zero-order valence-electron chi connectivity index (χ0n) is 16.5. The molecule has 2 N–H and O–H groups in total. The number of carbonyl (C=O) groups excluding carboxylic acids is 1. The highest BCUT2D eigenvalue weighted by Gasteiger charge is 2.27. The molecule has 1 aliphatic heterocycles. The minimum atomic E-state index is -3.59. The number of amides is 1. The number of hydrogen-bond donors (Lipinski definition) is 2.